The van der Waals surface area contributed by atoms with Crippen LogP contribution in [0.1, 0.15) is 72.1 Å². The number of rotatable bonds is 7. The lowest BCUT2D eigenvalue weighted by molar-refractivity contribution is -0.0667. The molecule has 0 aromatic carbocycles. The van der Waals surface area contributed by atoms with Crippen molar-refractivity contribution in [2.75, 3.05) is 13.2 Å². The van der Waals surface area contributed by atoms with Gasteiger partial charge in [-0.3, -0.25) is 0 Å². The Morgan fingerprint density at radius 1 is 0.913 bits per heavy atom. The van der Waals surface area contributed by atoms with Crippen molar-refractivity contribution in [2.24, 2.45) is 17.8 Å². The first-order valence-electron chi connectivity index (χ1n) is 10.1. The predicted molar refractivity (Wildman–Crippen MR) is 92.6 cm³/mol. The molecule has 0 radical (unpaired) electrons. The zero-order chi connectivity index (χ0) is 16.2. The topological polar surface area (TPSA) is 27.7 Å². The molecule has 0 spiro atoms. The van der Waals surface area contributed by atoms with Gasteiger partial charge in [-0.15, -0.1) is 0 Å². The molecule has 1 aliphatic heterocycles. The van der Waals surface area contributed by atoms with Crippen molar-refractivity contribution in [3.05, 3.63) is 0 Å². The van der Waals surface area contributed by atoms with Gasteiger partial charge in [0.1, 0.15) is 0 Å². The minimum Gasteiger partial charge on any atom is -0.378 e. The Balaban J connectivity index is 1.43. The van der Waals surface area contributed by atoms with E-state index in [0.29, 0.717) is 24.4 Å². The van der Waals surface area contributed by atoms with Gasteiger partial charge in [-0.1, -0.05) is 13.8 Å². The second-order valence-corrected chi connectivity index (χ2v) is 8.27. The lowest BCUT2D eigenvalue weighted by Gasteiger charge is -2.35. The third-order valence-corrected chi connectivity index (χ3v) is 6.17. The molecule has 0 N–H and O–H groups in total. The molecule has 3 nitrogen and oxygen atoms in total. The maximum atomic E-state index is 6.46. The van der Waals surface area contributed by atoms with E-state index in [0.717, 1.165) is 43.8 Å². The van der Waals surface area contributed by atoms with Gasteiger partial charge in [0.2, 0.25) is 0 Å². The highest BCUT2D eigenvalue weighted by Crippen LogP contribution is 2.48. The van der Waals surface area contributed by atoms with Crippen LogP contribution in [-0.4, -0.2) is 37.6 Å². The summed E-state index contributed by atoms with van der Waals surface area (Å²) in [5.74, 6) is 2.37. The quantitative estimate of drug-likeness (QED) is 0.642. The van der Waals surface area contributed by atoms with E-state index in [1.807, 2.05) is 0 Å². The lowest BCUT2D eigenvalue weighted by Crippen LogP contribution is -2.35. The number of fused-ring (bicyclic) bond motifs is 3. The van der Waals surface area contributed by atoms with Crippen LogP contribution in [0.5, 0.6) is 0 Å². The van der Waals surface area contributed by atoms with Crippen LogP contribution < -0.4 is 0 Å². The van der Waals surface area contributed by atoms with E-state index in [4.69, 9.17) is 14.2 Å². The summed E-state index contributed by atoms with van der Waals surface area (Å²) in [5.41, 5.74) is 0. The van der Waals surface area contributed by atoms with Gasteiger partial charge in [0.15, 0.2) is 0 Å². The maximum Gasteiger partial charge on any atom is 0.0635 e. The van der Waals surface area contributed by atoms with Crippen molar-refractivity contribution in [3.63, 3.8) is 0 Å². The predicted octanol–water partition coefficient (Wildman–Crippen LogP) is 4.58. The molecule has 3 fully saturated rings. The van der Waals surface area contributed by atoms with Crippen LogP contribution in [0, 0.1) is 17.8 Å². The van der Waals surface area contributed by atoms with Crippen LogP contribution in [0.2, 0.25) is 0 Å². The first kappa shape index (κ1) is 17.7. The first-order valence-corrected chi connectivity index (χ1v) is 10.1. The number of hydrogen-bond acceptors (Lipinski definition) is 3. The van der Waals surface area contributed by atoms with Gasteiger partial charge in [-0.05, 0) is 63.2 Å². The van der Waals surface area contributed by atoms with Crippen molar-refractivity contribution in [1.29, 1.82) is 0 Å². The molecule has 6 atom stereocenters. The normalized spacial score (nSPS) is 40.2. The zero-order valence-electron chi connectivity index (χ0n) is 15.3. The van der Waals surface area contributed by atoms with E-state index in [1.54, 1.807) is 0 Å². The lowest BCUT2D eigenvalue weighted by atomic mass is 9.72. The molecular formula is C20H36O3. The third kappa shape index (κ3) is 4.49. The first-order chi connectivity index (χ1) is 11.2. The summed E-state index contributed by atoms with van der Waals surface area (Å²) in [5, 5.41) is 0. The fourth-order valence-corrected chi connectivity index (χ4v) is 5.03. The van der Waals surface area contributed by atoms with Crippen molar-refractivity contribution >= 4 is 0 Å². The zero-order valence-corrected chi connectivity index (χ0v) is 15.3. The van der Waals surface area contributed by atoms with Crippen LogP contribution in [-0.2, 0) is 14.2 Å². The SMILES string of the molecule is CCOC1CCC2C(C1)OC1CC(OCCCC(C)C)CCC12. The molecule has 134 valence electrons. The van der Waals surface area contributed by atoms with E-state index >= 15 is 0 Å². The molecule has 3 heteroatoms. The molecule has 2 saturated carbocycles. The molecule has 0 bridgehead atoms. The molecule has 1 saturated heterocycles. The third-order valence-electron chi connectivity index (χ3n) is 6.17. The van der Waals surface area contributed by atoms with Crippen molar-refractivity contribution in [1.82, 2.24) is 0 Å². The molecule has 3 rings (SSSR count). The molecule has 0 amide bonds. The molecular weight excluding hydrogens is 288 g/mol. The van der Waals surface area contributed by atoms with Crippen molar-refractivity contribution in [3.8, 4) is 0 Å². The van der Waals surface area contributed by atoms with Gasteiger partial charge in [-0.25, -0.2) is 0 Å². The van der Waals surface area contributed by atoms with Crippen LogP contribution in [0.4, 0.5) is 0 Å². The average Bonchev–Trinajstić information content (AvgIpc) is 2.88. The summed E-state index contributed by atoms with van der Waals surface area (Å²) in [6.07, 6.45) is 11.6. The molecule has 1 heterocycles. The van der Waals surface area contributed by atoms with Crippen molar-refractivity contribution < 1.29 is 14.2 Å². The van der Waals surface area contributed by atoms with Gasteiger partial charge in [-0.2, -0.15) is 0 Å². The Morgan fingerprint density at radius 3 is 2.09 bits per heavy atom. The number of hydrogen-bond donors (Lipinski definition) is 0. The van der Waals surface area contributed by atoms with Crippen LogP contribution in [0.3, 0.4) is 0 Å². The Labute approximate surface area is 142 Å². The second-order valence-electron chi connectivity index (χ2n) is 8.27. The average molecular weight is 325 g/mol. The largest absolute Gasteiger partial charge is 0.378 e. The van der Waals surface area contributed by atoms with Crippen LogP contribution in [0.15, 0.2) is 0 Å². The highest BCUT2D eigenvalue weighted by atomic mass is 16.5. The number of ether oxygens (including phenoxy) is 3. The van der Waals surface area contributed by atoms with E-state index in [1.165, 1.54) is 38.5 Å². The Morgan fingerprint density at radius 2 is 1.52 bits per heavy atom. The fraction of sp³-hybridized carbons (Fsp3) is 1.00. The molecule has 6 unspecified atom stereocenters. The van der Waals surface area contributed by atoms with E-state index < -0.39 is 0 Å². The van der Waals surface area contributed by atoms with Gasteiger partial charge >= 0.3 is 0 Å². The van der Waals surface area contributed by atoms with E-state index in [9.17, 15) is 0 Å². The summed E-state index contributed by atoms with van der Waals surface area (Å²) in [6.45, 7) is 8.44. The highest BCUT2D eigenvalue weighted by Gasteiger charge is 2.49. The minimum absolute atomic E-state index is 0.435. The smallest absolute Gasteiger partial charge is 0.0635 e. The van der Waals surface area contributed by atoms with Crippen LogP contribution >= 0.6 is 0 Å². The summed E-state index contributed by atoms with van der Waals surface area (Å²) < 4.78 is 18.5. The molecule has 0 aromatic heterocycles. The van der Waals surface area contributed by atoms with Crippen molar-refractivity contribution in [2.45, 2.75) is 96.6 Å². The Hall–Kier alpha value is -0.120. The minimum atomic E-state index is 0.435. The molecule has 3 aliphatic rings. The monoisotopic (exact) mass is 324 g/mol. The standard InChI is InChI=1S/C20H36O3/c1-4-21-15-7-9-17-18-10-8-16(22-11-5-6-14(2)3)13-20(18)23-19(17)12-15/h14-20H,4-13H2,1-3H3. The summed E-state index contributed by atoms with van der Waals surface area (Å²) in [6, 6.07) is 0. The summed E-state index contributed by atoms with van der Waals surface area (Å²) in [4.78, 5) is 0. The highest BCUT2D eigenvalue weighted by molar-refractivity contribution is 4.97. The molecule has 23 heavy (non-hydrogen) atoms. The Bertz CT molecular complexity index is 357. The fourth-order valence-electron chi connectivity index (χ4n) is 5.03. The molecule has 0 aromatic rings. The summed E-state index contributed by atoms with van der Waals surface area (Å²) in [7, 11) is 0. The maximum absolute atomic E-state index is 6.46. The van der Waals surface area contributed by atoms with E-state index in [2.05, 4.69) is 20.8 Å². The molecule has 2 aliphatic carbocycles. The van der Waals surface area contributed by atoms with Crippen LogP contribution in [0.25, 0.3) is 0 Å². The van der Waals surface area contributed by atoms with Gasteiger partial charge in [0.05, 0.1) is 24.4 Å². The second kappa shape index (κ2) is 8.31. The van der Waals surface area contributed by atoms with Gasteiger partial charge in [0, 0.05) is 26.1 Å². The van der Waals surface area contributed by atoms with E-state index in [-0.39, 0.29) is 0 Å². The summed E-state index contributed by atoms with van der Waals surface area (Å²) >= 11 is 0. The van der Waals surface area contributed by atoms with Gasteiger partial charge < -0.3 is 14.2 Å². The Kier molecular flexibility index (Phi) is 6.39. The van der Waals surface area contributed by atoms with Gasteiger partial charge in [0.25, 0.3) is 0 Å².